The number of rotatable bonds is 3. The van der Waals surface area contributed by atoms with Crippen LogP contribution in [0.2, 0.25) is 0 Å². The quantitative estimate of drug-likeness (QED) is 0.512. The predicted octanol–water partition coefficient (Wildman–Crippen LogP) is 2.56. The van der Waals surface area contributed by atoms with Crippen molar-refractivity contribution in [1.29, 1.82) is 0 Å². The zero-order chi connectivity index (χ0) is 14.5. The van der Waals surface area contributed by atoms with Crippen LogP contribution in [0.5, 0.6) is 0 Å². The number of nitrogen functional groups attached to an aromatic ring is 1. The minimum atomic E-state index is -0.395. The van der Waals surface area contributed by atoms with Gasteiger partial charge < -0.3 is 5.73 Å². The lowest BCUT2D eigenvalue weighted by atomic mass is 10.1. The van der Waals surface area contributed by atoms with Gasteiger partial charge in [0.15, 0.2) is 0 Å². The summed E-state index contributed by atoms with van der Waals surface area (Å²) in [5, 5.41) is 4.00. The summed E-state index contributed by atoms with van der Waals surface area (Å²) in [7, 11) is 0. The number of nitrogens with one attached hydrogen (secondary N) is 1. The fourth-order valence-corrected chi connectivity index (χ4v) is 1.63. The van der Waals surface area contributed by atoms with Crippen LogP contribution in [0, 0.1) is 5.82 Å². The first kappa shape index (κ1) is 13.7. The highest BCUT2D eigenvalue weighted by atomic mass is 19.1. The van der Waals surface area contributed by atoms with Crippen molar-refractivity contribution in [1.82, 2.24) is 5.43 Å². The molecular formula is C15H14FN3O. The van der Waals surface area contributed by atoms with E-state index in [2.05, 4.69) is 10.5 Å². The number of hydrogen-bond donors (Lipinski definition) is 2. The molecule has 5 heteroatoms. The first-order valence-electron chi connectivity index (χ1n) is 6.02. The van der Waals surface area contributed by atoms with Gasteiger partial charge in [-0.2, -0.15) is 5.10 Å². The topological polar surface area (TPSA) is 67.5 Å². The molecule has 0 fully saturated rings. The van der Waals surface area contributed by atoms with Crippen molar-refractivity contribution in [2.24, 2.45) is 5.10 Å². The highest BCUT2D eigenvalue weighted by molar-refractivity contribution is 6.01. The molecule has 0 saturated heterocycles. The molecule has 102 valence electrons. The smallest absolute Gasteiger partial charge is 0.271 e. The molecule has 0 spiro atoms. The van der Waals surface area contributed by atoms with Crippen molar-refractivity contribution in [3.63, 3.8) is 0 Å². The van der Waals surface area contributed by atoms with E-state index >= 15 is 0 Å². The Balaban J connectivity index is 2.08. The van der Waals surface area contributed by atoms with E-state index in [4.69, 9.17) is 5.73 Å². The van der Waals surface area contributed by atoms with Crippen LogP contribution in [0.1, 0.15) is 22.8 Å². The highest BCUT2D eigenvalue weighted by Crippen LogP contribution is 2.08. The third-order valence-corrected chi connectivity index (χ3v) is 2.74. The summed E-state index contributed by atoms with van der Waals surface area (Å²) in [6.45, 7) is 1.76. The van der Waals surface area contributed by atoms with Crippen LogP contribution >= 0.6 is 0 Å². The molecule has 3 N–H and O–H groups in total. The highest BCUT2D eigenvalue weighted by Gasteiger charge is 2.05. The second kappa shape index (κ2) is 5.97. The number of nitrogens with zero attached hydrogens (tertiary/aromatic N) is 1. The van der Waals surface area contributed by atoms with E-state index in [1.54, 1.807) is 19.1 Å². The van der Waals surface area contributed by atoms with Crippen LogP contribution in [0.4, 0.5) is 10.1 Å². The maximum atomic E-state index is 12.8. The second-order valence-electron chi connectivity index (χ2n) is 4.27. The van der Waals surface area contributed by atoms with Crippen LogP contribution in [-0.2, 0) is 0 Å². The van der Waals surface area contributed by atoms with E-state index in [1.165, 1.54) is 24.3 Å². The Labute approximate surface area is 116 Å². The minimum Gasteiger partial charge on any atom is -0.399 e. The summed E-state index contributed by atoms with van der Waals surface area (Å²) in [6.07, 6.45) is 0. The fraction of sp³-hybridized carbons (Fsp3) is 0.0667. The SMILES string of the molecule is C/C(=N\NC(=O)c1ccc(F)cc1)c1cccc(N)c1. The molecule has 2 rings (SSSR count). The minimum absolute atomic E-state index is 0.343. The Bertz CT molecular complexity index is 650. The van der Waals surface area contributed by atoms with E-state index < -0.39 is 5.91 Å². The summed E-state index contributed by atoms with van der Waals surface area (Å²) in [5.41, 5.74) is 10.5. The van der Waals surface area contributed by atoms with Gasteiger partial charge in [0.1, 0.15) is 5.82 Å². The van der Waals surface area contributed by atoms with Gasteiger partial charge in [-0.1, -0.05) is 12.1 Å². The molecular weight excluding hydrogens is 257 g/mol. The van der Waals surface area contributed by atoms with Crippen LogP contribution in [0.15, 0.2) is 53.6 Å². The Hall–Kier alpha value is -2.69. The molecule has 0 atom stereocenters. The number of hydrogen-bond acceptors (Lipinski definition) is 3. The third-order valence-electron chi connectivity index (χ3n) is 2.74. The molecule has 0 aromatic heterocycles. The number of nitrogens with two attached hydrogens (primary N) is 1. The number of carbonyl (C=O) groups excluding carboxylic acids is 1. The van der Waals surface area contributed by atoms with Crippen molar-refractivity contribution in [3.05, 3.63) is 65.5 Å². The number of carbonyl (C=O) groups is 1. The number of halogens is 1. The van der Waals surface area contributed by atoms with E-state index in [0.717, 1.165) is 5.56 Å². The van der Waals surface area contributed by atoms with Crippen LogP contribution < -0.4 is 11.2 Å². The van der Waals surface area contributed by atoms with E-state index in [0.29, 0.717) is 17.0 Å². The normalized spacial score (nSPS) is 11.2. The van der Waals surface area contributed by atoms with E-state index in [1.807, 2.05) is 12.1 Å². The second-order valence-corrected chi connectivity index (χ2v) is 4.27. The van der Waals surface area contributed by atoms with Crippen molar-refractivity contribution in [2.75, 3.05) is 5.73 Å². The van der Waals surface area contributed by atoms with Crippen molar-refractivity contribution in [3.8, 4) is 0 Å². The Kier molecular flexibility index (Phi) is 4.10. The molecule has 2 aromatic carbocycles. The molecule has 0 saturated carbocycles. The lowest BCUT2D eigenvalue weighted by molar-refractivity contribution is 0.0955. The third kappa shape index (κ3) is 3.41. The summed E-state index contributed by atoms with van der Waals surface area (Å²) < 4.78 is 12.8. The van der Waals surface area contributed by atoms with Gasteiger partial charge in [0.25, 0.3) is 5.91 Å². The fourth-order valence-electron chi connectivity index (χ4n) is 1.63. The molecule has 4 nitrogen and oxygen atoms in total. The van der Waals surface area contributed by atoms with Gasteiger partial charge in [0.2, 0.25) is 0 Å². The Morgan fingerprint density at radius 1 is 1.15 bits per heavy atom. The summed E-state index contributed by atoms with van der Waals surface area (Å²) in [6, 6.07) is 12.4. The molecule has 0 unspecified atom stereocenters. The van der Waals surface area contributed by atoms with Gasteiger partial charge in [-0.15, -0.1) is 0 Å². The first-order valence-corrected chi connectivity index (χ1v) is 6.02. The van der Waals surface area contributed by atoms with Gasteiger partial charge in [-0.3, -0.25) is 4.79 Å². The molecule has 0 bridgehead atoms. The summed E-state index contributed by atoms with van der Waals surface area (Å²) >= 11 is 0. The van der Waals surface area contributed by atoms with Gasteiger partial charge >= 0.3 is 0 Å². The Morgan fingerprint density at radius 3 is 2.50 bits per heavy atom. The zero-order valence-corrected chi connectivity index (χ0v) is 10.9. The molecule has 0 radical (unpaired) electrons. The van der Waals surface area contributed by atoms with Crippen LogP contribution in [0.3, 0.4) is 0 Å². The number of hydrazone groups is 1. The van der Waals surface area contributed by atoms with Crippen LogP contribution in [-0.4, -0.2) is 11.6 Å². The zero-order valence-electron chi connectivity index (χ0n) is 10.9. The molecule has 20 heavy (non-hydrogen) atoms. The van der Waals surface area contributed by atoms with Crippen LogP contribution in [0.25, 0.3) is 0 Å². The molecule has 0 aliphatic carbocycles. The van der Waals surface area contributed by atoms with Gasteiger partial charge in [-0.05, 0) is 48.9 Å². The van der Waals surface area contributed by atoms with E-state index in [9.17, 15) is 9.18 Å². The predicted molar refractivity (Wildman–Crippen MR) is 76.9 cm³/mol. The van der Waals surface area contributed by atoms with Crippen molar-refractivity contribution >= 4 is 17.3 Å². The molecule has 1 amide bonds. The maximum Gasteiger partial charge on any atom is 0.271 e. The lowest BCUT2D eigenvalue weighted by Gasteiger charge is -2.04. The molecule has 0 aliphatic rings. The largest absolute Gasteiger partial charge is 0.399 e. The summed E-state index contributed by atoms with van der Waals surface area (Å²) in [5.74, 6) is -0.783. The monoisotopic (exact) mass is 271 g/mol. The Morgan fingerprint density at radius 2 is 1.85 bits per heavy atom. The molecule has 2 aromatic rings. The number of benzene rings is 2. The molecule has 0 heterocycles. The van der Waals surface area contributed by atoms with Gasteiger partial charge in [0.05, 0.1) is 5.71 Å². The van der Waals surface area contributed by atoms with Gasteiger partial charge in [0, 0.05) is 11.3 Å². The van der Waals surface area contributed by atoms with E-state index in [-0.39, 0.29) is 5.82 Å². The standard InChI is InChI=1S/C15H14FN3O/c1-10(12-3-2-4-14(17)9-12)18-19-15(20)11-5-7-13(16)8-6-11/h2-9H,17H2,1H3,(H,19,20)/b18-10+. The molecule has 0 aliphatic heterocycles. The number of amides is 1. The average Bonchev–Trinajstić information content (AvgIpc) is 2.45. The lowest BCUT2D eigenvalue weighted by Crippen LogP contribution is -2.19. The first-order chi connectivity index (χ1) is 9.56. The summed E-state index contributed by atoms with van der Waals surface area (Å²) in [4.78, 5) is 11.8. The van der Waals surface area contributed by atoms with Crippen molar-refractivity contribution < 1.29 is 9.18 Å². The van der Waals surface area contributed by atoms with Crippen molar-refractivity contribution in [2.45, 2.75) is 6.92 Å². The average molecular weight is 271 g/mol. The number of anilines is 1. The van der Waals surface area contributed by atoms with Gasteiger partial charge in [-0.25, -0.2) is 9.82 Å². The maximum absolute atomic E-state index is 12.8.